The van der Waals surface area contributed by atoms with Gasteiger partial charge in [0.05, 0.1) is 13.2 Å². The van der Waals surface area contributed by atoms with Crippen LogP contribution in [0.25, 0.3) is 11.1 Å². The molecule has 5 heteroatoms. The van der Waals surface area contributed by atoms with E-state index in [-0.39, 0.29) is 11.6 Å². The first-order chi connectivity index (χ1) is 13.1. The molecular formula is C22H23FN2O2. The van der Waals surface area contributed by atoms with E-state index >= 15 is 0 Å². The van der Waals surface area contributed by atoms with Crippen LogP contribution in [0.2, 0.25) is 0 Å². The first-order valence-corrected chi connectivity index (χ1v) is 9.66. The summed E-state index contributed by atoms with van der Waals surface area (Å²) in [6, 6.07) is 9.35. The molecule has 140 valence electrons. The van der Waals surface area contributed by atoms with Crippen molar-refractivity contribution in [2.75, 3.05) is 31.1 Å². The van der Waals surface area contributed by atoms with Crippen LogP contribution in [0, 0.1) is 5.82 Å². The molecule has 0 aromatic heterocycles. The summed E-state index contributed by atoms with van der Waals surface area (Å²) >= 11 is 0. The fourth-order valence-electron chi connectivity index (χ4n) is 5.00. The van der Waals surface area contributed by atoms with Gasteiger partial charge >= 0.3 is 0 Å². The lowest BCUT2D eigenvalue weighted by atomic mass is 9.87. The second-order valence-electron chi connectivity index (χ2n) is 7.73. The lowest BCUT2D eigenvalue weighted by Gasteiger charge is -2.33. The predicted octanol–water partition coefficient (Wildman–Crippen LogP) is 3.49. The Morgan fingerprint density at radius 3 is 3.04 bits per heavy atom. The van der Waals surface area contributed by atoms with Crippen LogP contribution < -0.4 is 10.2 Å². The Morgan fingerprint density at radius 2 is 2.19 bits per heavy atom. The van der Waals surface area contributed by atoms with Gasteiger partial charge in [0, 0.05) is 41.9 Å². The molecule has 4 nitrogen and oxygen atoms in total. The lowest BCUT2D eigenvalue weighted by Crippen LogP contribution is -2.44. The third kappa shape index (κ3) is 2.68. The number of benzene rings is 2. The van der Waals surface area contributed by atoms with Crippen molar-refractivity contribution in [2.45, 2.75) is 31.9 Å². The first kappa shape index (κ1) is 16.9. The molecule has 0 unspecified atom stereocenters. The summed E-state index contributed by atoms with van der Waals surface area (Å²) in [5.41, 5.74) is 6.04. The number of rotatable bonds is 2. The van der Waals surface area contributed by atoms with Crippen LogP contribution in [-0.2, 0) is 11.3 Å². The Kier molecular flexibility index (Phi) is 4.02. The van der Waals surface area contributed by atoms with Crippen molar-refractivity contribution in [1.29, 1.82) is 0 Å². The van der Waals surface area contributed by atoms with E-state index in [1.807, 2.05) is 0 Å². The highest BCUT2D eigenvalue weighted by Crippen LogP contribution is 2.48. The van der Waals surface area contributed by atoms with E-state index in [2.05, 4.69) is 22.3 Å². The second kappa shape index (κ2) is 6.43. The number of hydrogen-bond donors (Lipinski definition) is 1. The number of halogens is 1. The molecule has 3 aliphatic rings. The third-order valence-electron chi connectivity index (χ3n) is 6.16. The van der Waals surface area contributed by atoms with Crippen LogP contribution in [0.5, 0.6) is 0 Å². The summed E-state index contributed by atoms with van der Waals surface area (Å²) < 4.78 is 19.6. The molecular weight excluding hydrogens is 343 g/mol. The number of hydrogen-bond acceptors (Lipinski definition) is 4. The van der Waals surface area contributed by atoms with Gasteiger partial charge in [0.25, 0.3) is 0 Å². The maximum Gasteiger partial charge on any atom is 0.160 e. The van der Waals surface area contributed by atoms with Crippen LogP contribution in [0.1, 0.15) is 40.7 Å². The number of piperidine rings is 1. The summed E-state index contributed by atoms with van der Waals surface area (Å²) in [6.45, 7) is 5.75. The minimum atomic E-state index is -0.380. The smallest absolute Gasteiger partial charge is 0.160 e. The molecule has 0 amide bonds. The molecule has 0 radical (unpaired) electrons. The van der Waals surface area contributed by atoms with E-state index in [9.17, 15) is 9.18 Å². The summed E-state index contributed by atoms with van der Waals surface area (Å²) in [5, 5.41) is 3.53. The molecule has 1 fully saturated rings. The summed E-state index contributed by atoms with van der Waals surface area (Å²) in [4.78, 5) is 14.6. The number of anilines is 1. The Labute approximate surface area is 158 Å². The van der Waals surface area contributed by atoms with Crippen molar-refractivity contribution in [3.05, 3.63) is 52.8 Å². The molecule has 0 aliphatic carbocycles. The average molecular weight is 366 g/mol. The monoisotopic (exact) mass is 366 g/mol. The lowest BCUT2D eigenvalue weighted by molar-refractivity contribution is 0.101. The van der Waals surface area contributed by atoms with E-state index in [0.717, 1.165) is 43.8 Å². The first-order valence-electron chi connectivity index (χ1n) is 9.66. The minimum absolute atomic E-state index is 0.119. The van der Waals surface area contributed by atoms with Gasteiger partial charge in [-0.15, -0.1) is 0 Å². The fraction of sp³-hybridized carbons (Fsp3) is 0.409. The molecule has 1 N–H and O–H groups in total. The molecule has 3 aliphatic heterocycles. The van der Waals surface area contributed by atoms with Crippen LogP contribution in [0.3, 0.4) is 0 Å². The number of fused-ring (bicyclic) bond motifs is 3. The van der Waals surface area contributed by atoms with Gasteiger partial charge in [-0.25, -0.2) is 4.39 Å². The van der Waals surface area contributed by atoms with Gasteiger partial charge in [0.1, 0.15) is 5.82 Å². The van der Waals surface area contributed by atoms with E-state index in [1.165, 1.54) is 35.9 Å². The van der Waals surface area contributed by atoms with Gasteiger partial charge in [0.15, 0.2) is 5.78 Å². The molecule has 2 atom stereocenters. The van der Waals surface area contributed by atoms with Crippen LogP contribution in [-0.4, -0.2) is 38.1 Å². The van der Waals surface area contributed by atoms with Crippen molar-refractivity contribution in [1.82, 2.24) is 5.32 Å². The predicted molar refractivity (Wildman–Crippen MR) is 103 cm³/mol. The zero-order valence-corrected chi connectivity index (χ0v) is 15.4. The normalized spacial score (nSPS) is 23.6. The van der Waals surface area contributed by atoms with Crippen molar-refractivity contribution in [3.8, 4) is 11.1 Å². The van der Waals surface area contributed by atoms with Crippen molar-refractivity contribution >= 4 is 11.5 Å². The topological polar surface area (TPSA) is 41.6 Å². The van der Waals surface area contributed by atoms with E-state index in [4.69, 9.17) is 4.74 Å². The Hall–Kier alpha value is -2.24. The number of carbonyl (C=O) groups excluding carboxylic acids is 1. The molecule has 0 saturated carbocycles. The van der Waals surface area contributed by atoms with Crippen molar-refractivity contribution in [2.24, 2.45) is 0 Å². The molecule has 0 spiro atoms. The third-order valence-corrected chi connectivity index (χ3v) is 6.16. The maximum absolute atomic E-state index is 13.7. The average Bonchev–Trinajstić information content (AvgIpc) is 2.83. The highest BCUT2D eigenvalue weighted by atomic mass is 19.1. The minimum Gasteiger partial charge on any atom is -0.375 e. The summed E-state index contributed by atoms with van der Waals surface area (Å²) in [6.07, 6.45) is 1.13. The van der Waals surface area contributed by atoms with Gasteiger partial charge in [0.2, 0.25) is 0 Å². The molecule has 5 rings (SSSR count). The Morgan fingerprint density at radius 1 is 1.30 bits per heavy atom. The molecule has 2 aromatic carbocycles. The SMILES string of the molecule is CC(=O)c1cc(F)ccc1-c1cc2c3c(c1)[C@@H]1CNCC[C@@H]1N3CCOC2. The molecule has 0 bridgehead atoms. The second-order valence-corrected chi connectivity index (χ2v) is 7.73. The van der Waals surface area contributed by atoms with Gasteiger partial charge in [-0.05, 0) is 60.8 Å². The molecule has 1 saturated heterocycles. The highest BCUT2D eigenvalue weighted by Gasteiger charge is 2.41. The molecule has 3 heterocycles. The van der Waals surface area contributed by atoms with Crippen LogP contribution in [0.15, 0.2) is 30.3 Å². The number of ether oxygens (including phenoxy) is 1. The van der Waals surface area contributed by atoms with Gasteiger partial charge in [-0.3, -0.25) is 4.79 Å². The van der Waals surface area contributed by atoms with Crippen molar-refractivity contribution in [3.63, 3.8) is 0 Å². The largest absolute Gasteiger partial charge is 0.375 e. The fourth-order valence-corrected chi connectivity index (χ4v) is 5.00. The van der Waals surface area contributed by atoms with Crippen LogP contribution in [0.4, 0.5) is 10.1 Å². The van der Waals surface area contributed by atoms with Gasteiger partial charge in [-0.2, -0.15) is 0 Å². The highest BCUT2D eigenvalue weighted by molar-refractivity contribution is 6.01. The van der Waals surface area contributed by atoms with Gasteiger partial charge in [-0.1, -0.05) is 6.07 Å². The summed E-state index contributed by atoms with van der Waals surface area (Å²) in [5.74, 6) is -0.0490. The Bertz CT molecular complexity index is 927. The number of nitrogens with one attached hydrogen (secondary N) is 1. The number of carbonyl (C=O) groups is 1. The number of ketones is 1. The number of Topliss-reactive ketones (excluding diaryl/α,β-unsaturated/α-hetero) is 1. The summed E-state index contributed by atoms with van der Waals surface area (Å²) in [7, 11) is 0. The number of nitrogens with zero attached hydrogens (tertiary/aromatic N) is 1. The zero-order valence-electron chi connectivity index (χ0n) is 15.4. The van der Waals surface area contributed by atoms with E-state index < -0.39 is 0 Å². The standard InChI is InChI=1S/C22H23FN2O2/c1-13(26)18-10-16(23)2-3-17(18)14-8-15-12-27-7-6-25-21-4-5-24-11-20(21)19(9-14)22(15)25/h2-3,8-10,20-21,24H,4-7,11-12H2,1H3/t20-,21-/m0/s1. The quantitative estimate of drug-likeness (QED) is 0.826. The van der Waals surface area contributed by atoms with Crippen LogP contribution >= 0.6 is 0 Å². The zero-order chi connectivity index (χ0) is 18.5. The van der Waals surface area contributed by atoms with Gasteiger partial charge < -0.3 is 15.0 Å². The van der Waals surface area contributed by atoms with Crippen molar-refractivity contribution < 1.29 is 13.9 Å². The van der Waals surface area contributed by atoms with E-state index in [1.54, 1.807) is 6.07 Å². The Balaban J connectivity index is 1.70. The molecule has 2 aromatic rings. The maximum atomic E-state index is 13.7. The van der Waals surface area contributed by atoms with E-state index in [0.29, 0.717) is 24.1 Å². The molecule has 27 heavy (non-hydrogen) atoms.